The van der Waals surface area contributed by atoms with Crippen molar-refractivity contribution < 1.29 is 19.6 Å². The average molecular weight is 342 g/mol. The van der Waals surface area contributed by atoms with Crippen LogP contribution in [0.1, 0.15) is 40.9 Å². The van der Waals surface area contributed by atoms with Gasteiger partial charge in [-0.15, -0.1) is 0 Å². The molecule has 25 heavy (non-hydrogen) atoms. The van der Waals surface area contributed by atoms with Crippen molar-refractivity contribution in [1.82, 2.24) is 0 Å². The fourth-order valence-corrected chi connectivity index (χ4v) is 2.39. The van der Waals surface area contributed by atoms with Crippen LogP contribution < -0.4 is 5.32 Å². The molecular weight excluding hydrogens is 324 g/mol. The van der Waals surface area contributed by atoms with Crippen LogP contribution in [0.25, 0.3) is 0 Å². The highest BCUT2D eigenvalue weighted by Crippen LogP contribution is 2.26. The maximum Gasteiger partial charge on any atom is 0.335 e. The van der Waals surface area contributed by atoms with Crippen LogP contribution in [0.2, 0.25) is 0 Å². The molecule has 0 radical (unpaired) electrons. The molecule has 2 rings (SSSR count). The molecule has 0 saturated carbocycles. The zero-order valence-corrected chi connectivity index (χ0v) is 13.6. The predicted octanol–water partition coefficient (Wildman–Crippen LogP) is 3.29. The first-order chi connectivity index (χ1) is 11.9. The Balaban J connectivity index is 2.17. The number of nitro groups is 1. The molecule has 2 aromatic carbocycles. The molecular formula is C18H18N2O5. The van der Waals surface area contributed by atoms with E-state index in [1.54, 1.807) is 0 Å². The number of nitrogens with zero attached hydrogens (tertiary/aromatic N) is 1. The summed E-state index contributed by atoms with van der Waals surface area (Å²) in [5.41, 5.74) is 1.37. The first-order valence-corrected chi connectivity index (χ1v) is 7.73. The minimum atomic E-state index is -1.17. The van der Waals surface area contributed by atoms with Crippen LogP contribution in [0.3, 0.4) is 0 Å². The SMILES string of the molecule is CC(c1ccc(C(=O)O)cc1NC(=O)CCc1ccccc1)[N+](=O)[O-]. The van der Waals surface area contributed by atoms with Crippen molar-refractivity contribution in [1.29, 1.82) is 0 Å². The molecule has 0 aromatic heterocycles. The van der Waals surface area contributed by atoms with Gasteiger partial charge in [-0.05, 0) is 30.2 Å². The van der Waals surface area contributed by atoms with Crippen molar-refractivity contribution in [2.24, 2.45) is 0 Å². The number of nitrogens with one attached hydrogen (secondary N) is 1. The number of rotatable bonds is 7. The van der Waals surface area contributed by atoms with E-state index in [9.17, 15) is 19.7 Å². The summed E-state index contributed by atoms with van der Waals surface area (Å²) < 4.78 is 0. The zero-order chi connectivity index (χ0) is 18.4. The number of carboxylic acids is 1. The Kier molecular flexibility index (Phi) is 5.84. The third-order valence-electron chi connectivity index (χ3n) is 3.82. The van der Waals surface area contributed by atoms with Gasteiger partial charge in [-0.25, -0.2) is 4.79 Å². The van der Waals surface area contributed by atoms with E-state index in [4.69, 9.17) is 5.11 Å². The highest BCUT2D eigenvalue weighted by atomic mass is 16.6. The number of carboxylic acid groups (broad SMARTS) is 1. The Morgan fingerprint density at radius 2 is 1.88 bits per heavy atom. The Morgan fingerprint density at radius 3 is 2.48 bits per heavy atom. The van der Waals surface area contributed by atoms with Crippen molar-refractivity contribution in [3.05, 3.63) is 75.3 Å². The summed E-state index contributed by atoms with van der Waals surface area (Å²) in [5.74, 6) is -1.50. The van der Waals surface area contributed by atoms with E-state index >= 15 is 0 Å². The van der Waals surface area contributed by atoms with E-state index in [-0.39, 0.29) is 29.1 Å². The fourth-order valence-electron chi connectivity index (χ4n) is 2.39. The second-order valence-corrected chi connectivity index (χ2v) is 5.60. The highest BCUT2D eigenvalue weighted by Gasteiger charge is 2.22. The van der Waals surface area contributed by atoms with Gasteiger partial charge in [0.2, 0.25) is 11.9 Å². The number of aromatic carboxylic acids is 1. The summed E-state index contributed by atoms with van der Waals surface area (Å²) in [6.07, 6.45) is 0.707. The molecule has 0 saturated heterocycles. The van der Waals surface area contributed by atoms with E-state index in [0.717, 1.165) is 5.56 Å². The number of aryl methyl sites for hydroxylation is 1. The molecule has 2 aromatic rings. The fraction of sp³-hybridized carbons (Fsp3) is 0.222. The molecule has 2 N–H and O–H groups in total. The number of amides is 1. The van der Waals surface area contributed by atoms with Gasteiger partial charge < -0.3 is 10.4 Å². The topological polar surface area (TPSA) is 110 Å². The summed E-state index contributed by atoms with van der Waals surface area (Å²) in [7, 11) is 0. The molecule has 0 bridgehead atoms. The lowest BCUT2D eigenvalue weighted by Crippen LogP contribution is -2.17. The van der Waals surface area contributed by atoms with Gasteiger partial charge in [0, 0.05) is 23.8 Å². The van der Waals surface area contributed by atoms with Crippen LogP contribution in [0.4, 0.5) is 5.69 Å². The maximum atomic E-state index is 12.2. The average Bonchev–Trinajstić information content (AvgIpc) is 2.60. The molecule has 0 heterocycles. The highest BCUT2D eigenvalue weighted by molar-refractivity contribution is 5.95. The van der Waals surface area contributed by atoms with Gasteiger partial charge in [-0.3, -0.25) is 14.9 Å². The molecule has 7 heteroatoms. The minimum absolute atomic E-state index is 0.0438. The van der Waals surface area contributed by atoms with Gasteiger partial charge in [0.05, 0.1) is 11.3 Å². The number of benzene rings is 2. The first-order valence-electron chi connectivity index (χ1n) is 7.73. The minimum Gasteiger partial charge on any atom is -0.478 e. The molecule has 0 aliphatic heterocycles. The lowest BCUT2D eigenvalue weighted by molar-refractivity contribution is -0.524. The molecule has 130 valence electrons. The van der Waals surface area contributed by atoms with E-state index < -0.39 is 16.9 Å². The third-order valence-corrected chi connectivity index (χ3v) is 3.82. The normalized spacial score (nSPS) is 11.6. The van der Waals surface area contributed by atoms with Gasteiger partial charge in [0.1, 0.15) is 0 Å². The molecule has 0 aliphatic rings. The quantitative estimate of drug-likeness (QED) is 0.592. The van der Waals surface area contributed by atoms with E-state index in [2.05, 4.69) is 5.32 Å². The van der Waals surface area contributed by atoms with Crippen molar-refractivity contribution in [3.8, 4) is 0 Å². The number of hydrogen-bond donors (Lipinski definition) is 2. The van der Waals surface area contributed by atoms with Crippen LogP contribution in [0, 0.1) is 10.1 Å². The lowest BCUT2D eigenvalue weighted by atomic mass is 10.0. The van der Waals surface area contributed by atoms with E-state index in [1.165, 1.54) is 25.1 Å². The van der Waals surface area contributed by atoms with Crippen LogP contribution in [-0.4, -0.2) is 21.9 Å². The molecule has 7 nitrogen and oxygen atoms in total. The lowest BCUT2D eigenvalue weighted by Gasteiger charge is -2.13. The molecule has 1 amide bonds. The second-order valence-electron chi connectivity index (χ2n) is 5.60. The van der Waals surface area contributed by atoms with Crippen molar-refractivity contribution in [2.45, 2.75) is 25.8 Å². The standard InChI is InChI=1S/C18H18N2O5/c1-12(20(24)25)15-9-8-14(18(22)23)11-16(15)19-17(21)10-7-13-5-3-2-4-6-13/h2-6,8-9,11-12H,7,10H2,1H3,(H,19,21)(H,22,23). The number of anilines is 1. The number of hydrogen-bond acceptors (Lipinski definition) is 4. The Bertz CT molecular complexity index is 789. The van der Waals surface area contributed by atoms with Crippen molar-refractivity contribution in [3.63, 3.8) is 0 Å². The Morgan fingerprint density at radius 1 is 1.20 bits per heavy atom. The van der Waals surface area contributed by atoms with Crippen molar-refractivity contribution >= 4 is 17.6 Å². The molecule has 0 spiro atoms. The van der Waals surface area contributed by atoms with E-state index in [0.29, 0.717) is 6.42 Å². The maximum absolute atomic E-state index is 12.2. The number of carbonyl (C=O) groups excluding carboxylic acids is 1. The Labute approximate surface area is 144 Å². The van der Waals surface area contributed by atoms with Gasteiger partial charge in [-0.1, -0.05) is 30.3 Å². The van der Waals surface area contributed by atoms with Gasteiger partial charge in [-0.2, -0.15) is 0 Å². The summed E-state index contributed by atoms with van der Waals surface area (Å²) in [6, 6.07) is 12.3. The van der Waals surface area contributed by atoms with Crippen molar-refractivity contribution in [2.75, 3.05) is 5.32 Å². The Hall–Kier alpha value is -3.22. The molecule has 0 fully saturated rings. The van der Waals surface area contributed by atoms with Gasteiger partial charge in [0.15, 0.2) is 0 Å². The first kappa shape index (κ1) is 18.1. The molecule has 1 unspecified atom stereocenters. The predicted molar refractivity (Wildman–Crippen MR) is 92.2 cm³/mol. The summed E-state index contributed by atoms with van der Waals surface area (Å²) in [5, 5.41) is 22.7. The monoisotopic (exact) mass is 342 g/mol. The smallest absolute Gasteiger partial charge is 0.335 e. The summed E-state index contributed by atoms with van der Waals surface area (Å²) in [4.78, 5) is 33.9. The van der Waals surface area contributed by atoms with Crippen LogP contribution in [-0.2, 0) is 11.2 Å². The largest absolute Gasteiger partial charge is 0.478 e. The summed E-state index contributed by atoms with van der Waals surface area (Å²) >= 11 is 0. The zero-order valence-electron chi connectivity index (χ0n) is 13.6. The van der Waals surface area contributed by atoms with E-state index in [1.807, 2.05) is 30.3 Å². The number of carbonyl (C=O) groups is 2. The molecule has 1 atom stereocenters. The van der Waals surface area contributed by atoms with Crippen LogP contribution >= 0.6 is 0 Å². The van der Waals surface area contributed by atoms with Gasteiger partial charge in [0.25, 0.3) is 0 Å². The van der Waals surface area contributed by atoms with Crippen LogP contribution in [0.5, 0.6) is 0 Å². The third kappa shape index (κ3) is 4.87. The van der Waals surface area contributed by atoms with Gasteiger partial charge >= 0.3 is 5.97 Å². The van der Waals surface area contributed by atoms with Crippen LogP contribution in [0.15, 0.2) is 48.5 Å². The summed E-state index contributed by atoms with van der Waals surface area (Å²) in [6.45, 7) is 1.38. The molecule has 0 aliphatic carbocycles. The second kappa shape index (κ2) is 8.05.